The third-order valence-electron chi connectivity index (χ3n) is 2.74. The Bertz CT molecular complexity index is 635. The van der Waals surface area contributed by atoms with Crippen LogP contribution in [0.15, 0.2) is 29.2 Å². The predicted octanol–water partition coefficient (Wildman–Crippen LogP) is -0.266. The van der Waals surface area contributed by atoms with E-state index in [1.54, 1.807) is 0 Å². The first kappa shape index (κ1) is 13.3. The quantitative estimate of drug-likeness (QED) is 0.746. The van der Waals surface area contributed by atoms with Crippen molar-refractivity contribution in [3.63, 3.8) is 0 Å². The third-order valence-corrected chi connectivity index (χ3v) is 6.05. The molecule has 1 aliphatic rings. The van der Waals surface area contributed by atoms with Gasteiger partial charge in [-0.25, -0.2) is 21.6 Å². The van der Waals surface area contributed by atoms with E-state index in [4.69, 9.17) is 5.73 Å². The van der Waals surface area contributed by atoms with Crippen molar-refractivity contribution in [1.29, 1.82) is 0 Å². The molecule has 18 heavy (non-hydrogen) atoms. The molecule has 0 saturated carbocycles. The molecule has 6 nitrogen and oxygen atoms in total. The molecule has 1 heterocycles. The van der Waals surface area contributed by atoms with Gasteiger partial charge in [0.2, 0.25) is 10.0 Å². The summed E-state index contributed by atoms with van der Waals surface area (Å²) in [6, 6.07) is 5.21. The molecule has 0 radical (unpaired) electrons. The van der Waals surface area contributed by atoms with Gasteiger partial charge in [0.1, 0.15) is 0 Å². The summed E-state index contributed by atoms with van der Waals surface area (Å²) < 4.78 is 48.8. The van der Waals surface area contributed by atoms with Gasteiger partial charge in [-0.15, -0.1) is 0 Å². The van der Waals surface area contributed by atoms with Crippen molar-refractivity contribution in [2.75, 3.05) is 17.2 Å². The number of anilines is 1. The minimum Gasteiger partial charge on any atom is -0.399 e. The molecule has 3 N–H and O–H groups in total. The molecule has 1 saturated heterocycles. The van der Waals surface area contributed by atoms with E-state index < -0.39 is 25.9 Å². The standard InChI is InChI=1S/C10H14N2O4S2/c11-8-1-3-10(4-2-8)18(15,16)12-9-5-6-17(13,14)7-9/h1-4,9,12H,5-7,11H2/t9-/m1/s1. The highest BCUT2D eigenvalue weighted by Crippen LogP contribution is 2.16. The summed E-state index contributed by atoms with van der Waals surface area (Å²) in [6.07, 6.45) is 0.316. The van der Waals surface area contributed by atoms with E-state index in [9.17, 15) is 16.8 Å². The van der Waals surface area contributed by atoms with Gasteiger partial charge in [-0.2, -0.15) is 0 Å². The van der Waals surface area contributed by atoms with E-state index in [0.29, 0.717) is 12.1 Å². The van der Waals surface area contributed by atoms with Gasteiger partial charge in [0, 0.05) is 11.7 Å². The van der Waals surface area contributed by atoms with E-state index in [1.807, 2.05) is 0 Å². The zero-order valence-electron chi connectivity index (χ0n) is 9.53. The summed E-state index contributed by atoms with van der Waals surface area (Å²) in [4.78, 5) is 0.0843. The fourth-order valence-corrected chi connectivity index (χ4v) is 4.87. The summed E-state index contributed by atoms with van der Waals surface area (Å²) in [7, 11) is -6.78. The fourth-order valence-electron chi connectivity index (χ4n) is 1.82. The van der Waals surface area contributed by atoms with Crippen LogP contribution in [0.25, 0.3) is 0 Å². The predicted molar refractivity (Wildman–Crippen MR) is 68.2 cm³/mol. The Morgan fingerprint density at radius 3 is 2.33 bits per heavy atom. The summed E-state index contributed by atoms with van der Waals surface area (Å²) in [5.74, 6) is -0.108. The minimum atomic E-state index is -3.68. The smallest absolute Gasteiger partial charge is 0.240 e. The lowest BCUT2D eigenvalue weighted by atomic mass is 10.3. The van der Waals surface area contributed by atoms with Gasteiger partial charge in [0.05, 0.1) is 16.4 Å². The summed E-state index contributed by atoms with van der Waals surface area (Å²) in [5.41, 5.74) is 5.94. The van der Waals surface area contributed by atoms with Gasteiger partial charge < -0.3 is 5.73 Å². The second-order valence-corrected chi connectivity index (χ2v) is 8.23. The zero-order chi connectivity index (χ0) is 13.4. The topological polar surface area (TPSA) is 106 Å². The van der Waals surface area contributed by atoms with Crippen LogP contribution >= 0.6 is 0 Å². The first-order chi connectivity index (χ1) is 8.28. The van der Waals surface area contributed by atoms with E-state index in [0.717, 1.165) is 0 Å². The van der Waals surface area contributed by atoms with E-state index in [1.165, 1.54) is 24.3 Å². The van der Waals surface area contributed by atoms with Crippen LogP contribution in [-0.4, -0.2) is 34.4 Å². The number of nitrogens with one attached hydrogen (secondary N) is 1. The van der Waals surface area contributed by atoms with Crippen molar-refractivity contribution < 1.29 is 16.8 Å². The van der Waals surface area contributed by atoms with Gasteiger partial charge in [-0.05, 0) is 30.7 Å². The lowest BCUT2D eigenvalue weighted by Gasteiger charge is -2.11. The van der Waals surface area contributed by atoms with Crippen LogP contribution in [0.3, 0.4) is 0 Å². The number of sulfone groups is 1. The van der Waals surface area contributed by atoms with Crippen LogP contribution < -0.4 is 10.5 Å². The Kier molecular flexibility index (Phi) is 3.35. The highest BCUT2D eigenvalue weighted by atomic mass is 32.2. The highest BCUT2D eigenvalue weighted by molar-refractivity contribution is 7.92. The number of hydrogen-bond donors (Lipinski definition) is 2. The van der Waals surface area contributed by atoms with Gasteiger partial charge in [0.25, 0.3) is 0 Å². The maximum absolute atomic E-state index is 12.0. The molecule has 0 aliphatic carbocycles. The number of nitrogens with two attached hydrogens (primary N) is 1. The van der Waals surface area contributed by atoms with Crippen molar-refractivity contribution in [2.24, 2.45) is 0 Å². The molecule has 0 amide bonds. The second kappa shape index (κ2) is 4.52. The van der Waals surface area contributed by atoms with E-state index in [2.05, 4.69) is 4.72 Å². The van der Waals surface area contributed by atoms with Crippen molar-refractivity contribution >= 4 is 25.5 Å². The fraction of sp³-hybridized carbons (Fsp3) is 0.400. The molecule has 0 spiro atoms. The molecule has 1 aromatic carbocycles. The number of sulfonamides is 1. The molecule has 0 aromatic heterocycles. The van der Waals surface area contributed by atoms with Crippen molar-refractivity contribution in [3.8, 4) is 0 Å². The maximum atomic E-state index is 12.0. The zero-order valence-corrected chi connectivity index (χ0v) is 11.2. The lowest BCUT2D eigenvalue weighted by Crippen LogP contribution is -2.35. The first-order valence-corrected chi connectivity index (χ1v) is 8.67. The summed E-state index contributed by atoms with van der Waals surface area (Å²) >= 11 is 0. The van der Waals surface area contributed by atoms with Gasteiger partial charge in [0.15, 0.2) is 9.84 Å². The Morgan fingerprint density at radius 2 is 1.83 bits per heavy atom. The van der Waals surface area contributed by atoms with Crippen molar-refractivity contribution in [2.45, 2.75) is 17.4 Å². The lowest BCUT2D eigenvalue weighted by molar-refractivity contribution is 0.562. The average Bonchev–Trinajstić information content (AvgIpc) is 2.57. The molecule has 1 aromatic rings. The van der Waals surface area contributed by atoms with Crippen LogP contribution in [0.1, 0.15) is 6.42 Å². The number of rotatable bonds is 3. The van der Waals surface area contributed by atoms with Crippen LogP contribution in [0.5, 0.6) is 0 Å². The SMILES string of the molecule is Nc1ccc(S(=O)(=O)N[C@@H]2CCS(=O)(=O)C2)cc1. The van der Waals surface area contributed by atoms with Crippen LogP contribution in [0, 0.1) is 0 Å². The Labute approximate surface area is 106 Å². The molecule has 0 bridgehead atoms. The molecular formula is C10H14N2O4S2. The van der Waals surface area contributed by atoms with Crippen molar-refractivity contribution in [3.05, 3.63) is 24.3 Å². The number of nitrogen functional groups attached to an aromatic ring is 1. The summed E-state index contributed by atoms with van der Waals surface area (Å²) in [6.45, 7) is 0. The molecule has 8 heteroatoms. The van der Waals surface area contributed by atoms with E-state index in [-0.39, 0.29) is 16.4 Å². The van der Waals surface area contributed by atoms with E-state index >= 15 is 0 Å². The third kappa shape index (κ3) is 3.01. The molecule has 100 valence electrons. The van der Waals surface area contributed by atoms with Crippen LogP contribution in [-0.2, 0) is 19.9 Å². The molecule has 1 aliphatic heterocycles. The van der Waals surface area contributed by atoms with Gasteiger partial charge >= 0.3 is 0 Å². The normalized spacial score (nSPS) is 23.0. The van der Waals surface area contributed by atoms with Gasteiger partial charge in [-0.3, -0.25) is 0 Å². The van der Waals surface area contributed by atoms with Gasteiger partial charge in [-0.1, -0.05) is 0 Å². The number of hydrogen-bond acceptors (Lipinski definition) is 5. The Morgan fingerprint density at radius 1 is 1.22 bits per heavy atom. The largest absolute Gasteiger partial charge is 0.399 e. The monoisotopic (exact) mass is 290 g/mol. The Balaban J connectivity index is 2.16. The molecular weight excluding hydrogens is 276 g/mol. The summed E-state index contributed by atoms with van der Waals surface area (Å²) in [5, 5.41) is 0. The van der Waals surface area contributed by atoms with Crippen LogP contribution in [0.2, 0.25) is 0 Å². The maximum Gasteiger partial charge on any atom is 0.240 e. The highest BCUT2D eigenvalue weighted by Gasteiger charge is 2.31. The molecule has 0 unspecified atom stereocenters. The molecule has 1 fully saturated rings. The van der Waals surface area contributed by atoms with Crippen LogP contribution in [0.4, 0.5) is 5.69 Å². The molecule has 2 rings (SSSR count). The second-order valence-electron chi connectivity index (χ2n) is 4.29. The molecule has 1 atom stereocenters. The number of benzene rings is 1. The van der Waals surface area contributed by atoms with Crippen molar-refractivity contribution in [1.82, 2.24) is 4.72 Å². The first-order valence-electron chi connectivity index (χ1n) is 5.37. The Hall–Kier alpha value is -1.12. The minimum absolute atomic E-state index is 0.0297. The average molecular weight is 290 g/mol.